The molecule has 1 heterocycles. The van der Waals surface area contributed by atoms with Crippen molar-refractivity contribution in [3.05, 3.63) is 52.3 Å². The quantitative estimate of drug-likeness (QED) is 0.880. The van der Waals surface area contributed by atoms with E-state index in [4.69, 9.17) is 9.47 Å². The number of benzene rings is 2. The molecule has 0 bridgehead atoms. The van der Waals surface area contributed by atoms with Crippen molar-refractivity contribution in [2.75, 3.05) is 19.0 Å². The van der Waals surface area contributed by atoms with Crippen LogP contribution in [0.15, 0.2) is 40.9 Å². The zero-order chi connectivity index (χ0) is 14.8. The molecular formula is C16H15BrFNO2. The second-order valence-corrected chi connectivity index (χ2v) is 5.78. The van der Waals surface area contributed by atoms with Crippen molar-refractivity contribution in [2.24, 2.45) is 0 Å². The number of methoxy groups -OCH3 is 1. The molecule has 0 aliphatic carbocycles. The Hall–Kier alpha value is -1.75. The van der Waals surface area contributed by atoms with Crippen LogP contribution in [-0.2, 0) is 0 Å². The van der Waals surface area contributed by atoms with Crippen LogP contribution in [0, 0.1) is 5.82 Å². The molecule has 1 atom stereocenters. The molecule has 3 rings (SSSR count). The van der Waals surface area contributed by atoms with Crippen LogP contribution in [0.4, 0.5) is 10.1 Å². The van der Waals surface area contributed by atoms with E-state index in [9.17, 15) is 4.39 Å². The van der Waals surface area contributed by atoms with Gasteiger partial charge in [0.2, 0.25) is 0 Å². The molecule has 21 heavy (non-hydrogen) atoms. The minimum atomic E-state index is -0.363. The fourth-order valence-electron chi connectivity index (χ4n) is 2.47. The van der Waals surface area contributed by atoms with Crippen LogP contribution in [0.5, 0.6) is 11.5 Å². The van der Waals surface area contributed by atoms with Crippen LogP contribution < -0.4 is 14.8 Å². The van der Waals surface area contributed by atoms with Gasteiger partial charge < -0.3 is 14.8 Å². The predicted octanol–water partition coefficient (Wildman–Crippen LogP) is 4.53. The Balaban J connectivity index is 1.88. The molecule has 2 aromatic carbocycles. The molecule has 2 aromatic rings. The Morgan fingerprint density at radius 1 is 1.29 bits per heavy atom. The normalized spacial score (nSPS) is 16.8. The number of anilines is 1. The lowest BCUT2D eigenvalue weighted by Crippen LogP contribution is -2.20. The molecule has 0 saturated carbocycles. The highest BCUT2D eigenvalue weighted by Gasteiger charge is 2.22. The van der Waals surface area contributed by atoms with E-state index in [1.54, 1.807) is 12.1 Å². The number of fused-ring (bicyclic) bond motifs is 1. The molecule has 3 nitrogen and oxygen atoms in total. The van der Waals surface area contributed by atoms with Crippen LogP contribution in [0.25, 0.3) is 0 Å². The van der Waals surface area contributed by atoms with Gasteiger partial charge in [-0.1, -0.05) is 15.9 Å². The van der Waals surface area contributed by atoms with Crippen LogP contribution in [0.2, 0.25) is 0 Å². The summed E-state index contributed by atoms with van der Waals surface area (Å²) in [5.74, 6) is 0.760. The lowest BCUT2D eigenvalue weighted by molar-refractivity contribution is 0.274. The number of ether oxygens (including phenoxy) is 2. The Labute approximate surface area is 131 Å². The van der Waals surface area contributed by atoms with Crippen LogP contribution in [0.3, 0.4) is 0 Å². The number of halogens is 2. The summed E-state index contributed by atoms with van der Waals surface area (Å²) < 4.78 is 25.2. The average Bonchev–Trinajstić information content (AvgIpc) is 2.50. The average molecular weight is 352 g/mol. The number of nitrogens with one attached hydrogen (secondary N) is 1. The van der Waals surface area contributed by atoms with E-state index in [2.05, 4.69) is 21.2 Å². The summed E-state index contributed by atoms with van der Waals surface area (Å²) in [6, 6.07) is 10.9. The van der Waals surface area contributed by atoms with Crippen molar-refractivity contribution >= 4 is 21.6 Å². The predicted molar refractivity (Wildman–Crippen MR) is 83.6 cm³/mol. The van der Waals surface area contributed by atoms with E-state index in [0.717, 1.165) is 27.9 Å². The highest BCUT2D eigenvalue weighted by atomic mass is 79.9. The van der Waals surface area contributed by atoms with Crippen LogP contribution in [0.1, 0.15) is 18.0 Å². The number of rotatable bonds is 3. The van der Waals surface area contributed by atoms with E-state index < -0.39 is 0 Å². The van der Waals surface area contributed by atoms with Gasteiger partial charge >= 0.3 is 0 Å². The Morgan fingerprint density at radius 2 is 2.14 bits per heavy atom. The van der Waals surface area contributed by atoms with Crippen molar-refractivity contribution in [1.82, 2.24) is 0 Å². The Morgan fingerprint density at radius 3 is 2.95 bits per heavy atom. The minimum Gasteiger partial charge on any atom is -0.494 e. The molecule has 0 aromatic heterocycles. The first kappa shape index (κ1) is 14.2. The molecule has 0 amide bonds. The van der Waals surface area contributed by atoms with Crippen molar-refractivity contribution < 1.29 is 13.9 Å². The summed E-state index contributed by atoms with van der Waals surface area (Å²) in [5.41, 5.74) is 1.92. The summed E-state index contributed by atoms with van der Waals surface area (Å²) >= 11 is 3.48. The topological polar surface area (TPSA) is 30.5 Å². The Bertz CT molecular complexity index is 663. The first-order valence-electron chi connectivity index (χ1n) is 6.69. The highest BCUT2D eigenvalue weighted by Crippen LogP contribution is 2.36. The van der Waals surface area contributed by atoms with Crippen molar-refractivity contribution in [1.29, 1.82) is 0 Å². The summed E-state index contributed by atoms with van der Waals surface area (Å²) in [6.45, 7) is 0.657. The third-order valence-electron chi connectivity index (χ3n) is 3.50. The standard InChI is InChI=1S/C16H15BrFNO2/c1-20-16-9-11(3-4-13(16)18)19-14-6-7-21-15-5-2-10(17)8-12(14)15/h2-5,8-9,14,19H,6-7H2,1H3. The van der Waals surface area contributed by atoms with Gasteiger partial charge in [0.25, 0.3) is 0 Å². The second kappa shape index (κ2) is 5.93. The molecule has 1 unspecified atom stereocenters. The maximum absolute atomic E-state index is 13.5. The summed E-state index contributed by atoms with van der Waals surface area (Å²) in [4.78, 5) is 0. The molecule has 0 radical (unpaired) electrons. The molecular weight excluding hydrogens is 337 g/mol. The summed E-state index contributed by atoms with van der Waals surface area (Å²) in [5, 5.41) is 3.42. The van der Waals surface area contributed by atoms with E-state index in [0.29, 0.717) is 6.61 Å². The monoisotopic (exact) mass is 351 g/mol. The van der Waals surface area contributed by atoms with E-state index in [1.807, 2.05) is 18.2 Å². The first-order chi connectivity index (χ1) is 10.2. The number of hydrogen-bond acceptors (Lipinski definition) is 3. The smallest absolute Gasteiger partial charge is 0.165 e. The van der Waals surface area contributed by atoms with Gasteiger partial charge in [-0.05, 0) is 30.3 Å². The van der Waals surface area contributed by atoms with Gasteiger partial charge in [0, 0.05) is 28.2 Å². The van der Waals surface area contributed by atoms with Gasteiger partial charge in [-0.2, -0.15) is 0 Å². The third kappa shape index (κ3) is 2.97. The molecule has 5 heteroatoms. The lowest BCUT2D eigenvalue weighted by atomic mass is 10.0. The molecule has 0 spiro atoms. The first-order valence-corrected chi connectivity index (χ1v) is 7.49. The fourth-order valence-corrected chi connectivity index (χ4v) is 2.84. The van der Waals surface area contributed by atoms with Crippen LogP contribution >= 0.6 is 15.9 Å². The molecule has 110 valence electrons. The minimum absolute atomic E-state index is 0.126. The zero-order valence-corrected chi connectivity index (χ0v) is 13.1. The van der Waals surface area contributed by atoms with E-state index >= 15 is 0 Å². The van der Waals surface area contributed by atoms with Gasteiger partial charge in [0.1, 0.15) is 5.75 Å². The fraction of sp³-hybridized carbons (Fsp3) is 0.250. The zero-order valence-electron chi connectivity index (χ0n) is 11.5. The maximum atomic E-state index is 13.5. The summed E-state index contributed by atoms with van der Waals surface area (Å²) in [7, 11) is 1.46. The van der Waals surface area contributed by atoms with Crippen molar-refractivity contribution in [2.45, 2.75) is 12.5 Å². The van der Waals surface area contributed by atoms with Gasteiger partial charge in [-0.3, -0.25) is 0 Å². The van der Waals surface area contributed by atoms with Crippen LogP contribution in [-0.4, -0.2) is 13.7 Å². The third-order valence-corrected chi connectivity index (χ3v) is 4.00. The maximum Gasteiger partial charge on any atom is 0.165 e. The van der Waals surface area contributed by atoms with E-state index in [-0.39, 0.29) is 17.6 Å². The van der Waals surface area contributed by atoms with E-state index in [1.165, 1.54) is 13.2 Å². The Kier molecular flexibility index (Phi) is 4.01. The molecule has 0 saturated heterocycles. The summed E-state index contributed by atoms with van der Waals surface area (Å²) in [6.07, 6.45) is 0.850. The molecule has 0 fully saturated rings. The van der Waals surface area contributed by atoms with Crippen molar-refractivity contribution in [3.63, 3.8) is 0 Å². The molecule has 1 aliphatic rings. The SMILES string of the molecule is COc1cc(NC2CCOc3ccc(Br)cc32)ccc1F. The largest absolute Gasteiger partial charge is 0.494 e. The highest BCUT2D eigenvalue weighted by molar-refractivity contribution is 9.10. The molecule has 1 N–H and O–H groups in total. The lowest BCUT2D eigenvalue weighted by Gasteiger charge is -2.27. The van der Waals surface area contributed by atoms with Crippen molar-refractivity contribution in [3.8, 4) is 11.5 Å². The number of hydrogen-bond donors (Lipinski definition) is 1. The second-order valence-electron chi connectivity index (χ2n) is 4.87. The van der Waals surface area contributed by atoms with Gasteiger partial charge in [0.05, 0.1) is 19.8 Å². The van der Waals surface area contributed by atoms with Gasteiger partial charge in [-0.15, -0.1) is 0 Å². The van der Waals surface area contributed by atoms with Gasteiger partial charge in [-0.25, -0.2) is 4.39 Å². The molecule has 1 aliphatic heterocycles. The van der Waals surface area contributed by atoms with Gasteiger partial charge in [0.15, 0.2) is 11.6 Å².